The van der Waals surface area contributed by atoms with Crippen molar-refractivity contribution in [3.63, 3.8) is 0 Å². The van der Waals surface area contributed by atoms with Crippen LogP contribution in [-0.2, 0) is 6.42 Å². The van der Waals surface area contributed by atoms with Crippen LogP contribution in [0.15, 0.2) is 18.2 Å². The Hall–Kier alpha value is -1.02. The molecule has 1 aliphatic heterocycles. The minimum absolute atomic E-state index is 0.334. The molecular weight excluding hydrogens is 210 g/mol. The molecule has 3 rings (SSSR count). The number of fused-ring (bicyclic) bond motifs is 1. The molecule has 2 nitrogen and oxygen atoms in total. The second-order valence-electron chi connectivity index (χ2n) is 5.69. The van der Waals surface area contributed by atoms with Gasteiger partial charge in [-0.05, 0) is 43.4 Å². The molecule has 1 fully saturated rings. The number of hydrogen-bond acceptors (Lipinski definition) is 2. The predicted octanol–water partition coefficient (Wildman–Crippen LogP) is 2.54. The van der Waals surface area contributed by atoms with E-state index in [2.05, 4.69) is 37.4 Å². The van der Waals surface area contributed by atoms with Crippen molar-refractivity contribution >= 4 is 0 Å². The molecule has 1 aromatic rings. The van der Waals surface area contributed by atoms with Gasteiger partial charge in [0.2, 0.25) is 0 Å². The topological polar surface area (TPSA) is 21.3 Å². The van der Waals surface area contributed by atoms with Crippen molar-refractivity contribution in [3.05, 3.63) is 29.3 Å². The molecule has 0 spiro atoms. The summed E-state index contributed by atoms with van der Waals surface area (Å²) in [6, 6.07) is 6.48. The standard InChI is InChI=1S/C15H21NO/c1-10-3-4-15-12(5-10)7-14(17-15)9-16-8-13-6-11(13)2/h3-5,11,13-14,16H,6-9H2,1-2H3. The Morgan fingerprint density at radius 1 is 1.35 bits per heavy atom. The maximum absolute atomic E-state index is 5.93. The quantitative estimate of drug-likeness (QED) is 0.860. The van der Waals surface area contributed by atoms with Gasteiger partial charge in [-0.2, -0.15) is 0 Å². The van der Waals surface area contributed by atoms with Gasteiger partial charge in [0.05, 0.1) is 0 Å². The van der Waals surface area contributed by atoms with Crippen LogP contribution in [0.25, 0.3) is 0 Å². The second-order valence-corrected chi connectivity index (χ2v) is 5.69. The van der Waals surface area contributed by atoms with Crippen molar-refractivity contribution in [1.82, 2.24) is 5.32 Å². The first-order valence-corrected chi connectivity index (χ1v) is 6.69. The summed E-state index contributed by atoms with van der Waals surface area (Å²) in [5.41, 5.74) is 2.70. The molecule has 92 valence electrons. The Bertz CT molecular complexity index is 415. The fraction of sp³-hybridized carbons (Fsp3) is 0.600. The number of aryl methyl sites for hydroxylation is 1. The van der Waals surface area contributed by atoms with E-state index < -0.39 is 0 Å². The van der Waals surface area contributed by atoms with Crippen molar-refractivity contribution in [2.45, 2.75) is 32.8 Å². The van der Waals surface area contributed by atoms with Gasteiger partial charge in [-0.15, -0.1) is 0 Å². The lowest BCUT2D eigenvalue weighted by Crippen LogP contribution is -2.31. The Morgan fingerprint density at radius 3 is 2.94 bits per heavy atom. The molecular formula is C15H21NO. The average molecular weight is 231 g/mol. The first-order chi connectivity index (χ1) is 8.22. The molecule has 1 saturated carbocycles. The minimum Gasteiger partial charge on any atom is -0.488 e. The minimum atomic E-state index is 0.334. The fourth-order valence-corrected chi connectivity index (χ4v) is 2.68. The molecule has 1 aliphatic carbocycles. The highest BCUT2D eigenvalue weighted by atomic mass is 16.5. The third kappa shape index (κ3) is 2.47. The highest BCUT2D eigenvalue weighted by molar-refractivity contribution is 5.40. The van der Waals surface area contributed by atoms with Crippen molar-refractivity contribution in [2.75, 3.05) is 13.1 Å². The number of rotatable bonds is 4. The van der Waals surface area contributed by atoms with Gasteiger partial charge in [0.25, 0.3) is 0 Å². The summed E-state index contributed by atoms with van der Waals surface area (Å²) in [5.74, 6) is 2.94. The van der Waals surface area contributed by atoms with E-state index in [1.54, 1.807) is 0 Å². The summed E-state index contributed by atoms with van der Waals surface area (Å²) < 4.78 is 5.93. The molecule has 17 heavy (non-hydrogen) atoms. The third-order valence-electron chi connectivity index (χ3n) is 4.01. The van der Waals surface area contributed by atoms with Crippen LogP contribution in [0.2, 0.25) is 0 Å². The predicted molar refractivity (Wildman–Crippen MR) is 69.4 cm³/mol. The maximum Gasteiger partial charge on any atom is 0.123 e. The van der Waals surface area contributed by atoms with E-state index in [0.717, 1.165) is 37.1 Å². The molecule has 3 unspecified atom stereocenters. The molecule has 1 N–H and O–H groups in total. The van der Waals surface area contributed by atoms with Crippen molar-refractivity contribution in [3.8, 4) is 5.75 Å². The van der Waals surface area contributed by atoms with Crippen LogP contribution in [0, 0.1) is 18.8 Å². The summed E-state index contributed by atoms with van der Waals surface area (Å²) in [7, 11) is 0. The lowest BCUT2D eigenvalue weighted by atomic mass is 10.1. The van der Waals surface area contributed by atoms with E-state index >= 15 is 0 Å². The van der Waals surface area contributed by atoms with Crippen LogP contribution in [0.1, 0.15) is 24.5 Å². The lowest BCUT2D eigenvalue weighted by Gasteiger charge is -2.11. The van der Waals surface area contributed by atoms with Gasteiger partial charge >= 0.3 is 0 Å². The van der Waals surface area contributed by atoms with Crippen LogP contribution < -0.4 is 10.1 Å². The summed E-state index contributed by atoms with van der Waals surface area (Å²) in [4.78, 5) is 0. The number of ether oxygens (including phenoxy) is 1. The third-order valence-corrected chi connectivity index (χ3v) is 4.01. The summed E-state index contributed by atoms with van der Waals surface area (Å²) in [6.45, 7) is 6.62. The zero-order chi connectivity index (χ0) is 11.8. The molecule has 0 amide bonds. The van der Waals surface area contributed by atoms with Gasteiger partial charge in [-0.1, -0.05) is 24.6 Å². The molecule has 3 atom stereocenters. The molecule has 0 saturated heterocycles. The van der Waals surface area contributed by atoms with Gasteiger partial charge in [-0.25, -0.2) is 0 Å². The van der Waals surface area contributed by atoms with Gasteiger partial charge < -0.3 is 10.1 Å². The Kier molecular flexibility index (Phi) is 2.83. The SMILES string of the molecule is Cc1ccc2c(c1)CC(CNCC1CC1C)O2. The zero-order valence-electron chi connectivity index (χ0n) is 10.7. The number of nitrogens with one attached hydrogen (secondary N) is 1. The Balaban J connectivity index is 1.48. The van der Waals surface area contributed by atoms with Crippen LogP contribution >= 0.6 is 0 Å². The van der Waals surface area contributed by atoms with Gasteiger partial charge in [-0.3, -0.25) is 0 Å². The Morgan fingerprint density at radius 2 is 2.18 bits per heavy atom. The van der Waals surface area contributed by atoms with Crippen molar-refractivity contribution in [2.24, 2.45) is 11.8 Å². The van der Waals surface area contributed by atoms with E-state index in [4.69, 9.17) is 4.74 Å². The van der Waals surface area contributed by atoms with Crippen LogP contribution in [0.3, 0.4) is 0 Å². The first kappa shape index (κ1) is 11.1. The molecule has 0 bridgehead atoms. The van der Waals surface area contributed by atoms with E-state index in [9.17, 15) is 0 Å². The molecule has 2 aliphatic rings. The van der Waals surface area contributed by atoms with Gasteiger partial charge in [0, 0.05) is 13.0 Å². The second kappa shape index (κ2) is 4.34. The summed E-state index contributed by atoms with van der Waals surface area (Å²) in [6.07, 6.45) is 2.79. The van der Waals surface area contributed by atoms with E-state index in [0.29, 0.717) is 6.10 Å². The fourth-order valence-electron chi connectivity index (χ4n) is 2.68. The van der Waals surface area contributed by atoms with Crippen LogP contribution in [-0.4, -0.2) is 19.2 Å². The van der Waals surface area contributed by atoms with Crippen molar-refractivity contribution in [1.29, 1.82) is 0 Å². The normalized spacial score (nSPS) is 29.9. The number of hydrogen-bond donors (Lipinski definition) is 1. The highest BCUT2D eigenvalue weighted by Crippen LogP contribution is 2.36. The lowest BCUT2D eigenvalue weighted by molar-refractivity contribution is 0.227. The smallest absolute Gasteiger partial charge is 0.123 e. The molecule has 2 heteroatoms. The summed E-state index contributed by atoms with van der Waals surface area (Å²) in [5, 5.41) is 3.54. The highest BCUT2D eigenvalue weighted by Gasteiger charge is 2.32. The van der Waals surface area contributed by atoms with Gasteiger partial charge in [0.15, 0.2) is 0 Å². The van der Waals surface area contributed by atoms with Crippen LogP contribution in [0.4, 0.5) is 0 Å². The van der Waals surface area contributed by atoms with E-state index in [1.807, 2.05) is 0 Å². The first-order valence-electron chi connectivity index (χ1n) is 6.69. The molecule has 0 radical (unpaired) electrons. The summed E-state index contributed by atoms with van der Waals surface area (Å²) >= 11 is 0. The molecule has 1 aromatic carbocycles. The maximum atomic E-state index is 5.93. The molecule has 0 aromatic heterocycles. The van der Waals surface area contributed by atoms with E-state index in [1.165, 1.54) is 17.5 Å². The Labute approximate surface area is 103 Å². The van der Waals surface area contributed by atoms with Gasteiger partial charge in [0.1, 0.15) is 11.9 Å². The van der Waals surface area contributed by atoms with Crippen LogP contribution in [0.5, 0.6) is 5.75 Å². The largest absolute Gasteiger partial charge is 0.488 e. The van der Waals surface area contributed by atoms with Crippen molar-refractivity contribution < 1.29 is 4.74 Å². The molecule has 1 heterocycles. The van der Waals surface area contributed by atoms with E-state index in [-0.39, 0.29) is 0 Å². The number of benzene rings is 1. The average Bonchev–Trinajstić information content (AvgIpc) is 2.85. The monoisotopic (exact) mass is 231 g/mol. The zero-order valence-corrected chi connectivity index (χ0v) is 10.7.